The summed E-state index contributed by atoms with van der Waals surface area (Å²) in [6.45, 7) is 6.04. The van der Waals surface area contributed by atoms with Crippen LogP contribution in [0.1, 0.15) is 23.4 Å². The maximum absolute atomic E-state index is 6.02. The van der Waals surface area contributed by atoms with Gasteiger partial charge in [0.05, 0.1) is 24.8 Å². The SMILES string of the molecule is COc1ccc(OCc2nc3ccccc3n2CCCOc2ccc(C)cc2C)cc1. The highest BCUT2D eigenvalue weighted by Crippen LogP contribution is 2.22. The smallest absolute Gasteiger partial charge is 0.147 e. The van der Waals surface area contributed by atoms with Gasteiger partial charge < -0.3 is 18.8 Å². The number of hydrogen-bond donors (Lipinski definition) is 0. The molecule has 0 aliphatic carbocycles. The molecular formula is C26H28N2O3. The molecule has 0 radical (unpaired) electrons. The summed E-state index contributed by atoms with van der Waals surface area (Å²) in [6.07, 6.45) is 0.878. The Morgan fingerprint density at radius 3 is 2.42 bits per heavy atom. The van der Waals surface area contributed by atoms with Crippen LogP contribution >= 0.6 is 0 Å². The van der Waals surface area contributed by atoms with Crippen molar-refractivity contribution in [2.24, 2.45) is 0 Å². The summed E-state index contributed by atoms with van der Waals surface area (Å²) in [6, 6.07) is 22.1. The van der Waals surface area contributed by atoms with E-state index < -0.39 is 0 Å². The van der Waals surface area contributed by atoms with E-state index in [1.54, 1.807) is 7.11 Å². The Morgan fingerprint density at radius 2 is 1.65 bits per heavy atom. The van der Waals surface area contributed by atoms with Gasteiger partial charge in [0.15, 0.2) is 0 Å². The average molecular weight is 417 g/mol. The minimum atomic E-state index is 0.402. The van der Waals surface area contributed by atoms with Gasteiger partial charge in [0.2, 0.25) is 0 Å². The number of fused-ring (bicyclic) bond motifs is 1. The molecule has 0 aliphatic rings. The largest absolute Gasteiger partial charge is 0.497 e. The van der Waals surface area contributed by atoms with Crippen LogP contribution in [0.25, 0.3) is 11.0 Å². The van der Waals surface area contributed by atoms with Crippen molar-refractivity contribution in [1.82, 2.24) is 9.55 Å². The van der Waals surface area contributed by atoms with Crippen LogP contribution in [0, 0.1) is 13.8 Å². The normalized spacial score (nSPS) is 10.9. The Bertz CT molecular complexity index is 1150. The van der Waals surface area contributed by atoms with Crippen LogP contribution in [0.3, 0.4) is 0 Å². The number of para-hydroxylation sites is 2. The van der Waals surface area contributed by atoms with E-state index in [1.807, 2.05) is 48.5 Å². The van der Waals surface area contributed by atoms with Gasteiger partial charge in [0.1, 0.15) is 29.7 Å². The minimum absolute atomic E-state index is 0.402. The Hall–Kier alpha value is -3.47. The lowest BCUT2D eigenvalue weighted by Crippen LogP contribution is -2.10. The number of ether oxygens (including phenoxy) is 3. The number of hydrogen-bond acceptors (Lipinski definition) is 4. The van der Waals surface area contributed by atoms with E-state index in [0.29, 0.717) is 13.2 Å². The fourth-order valence-corrected chi connectivity index (χ4v) is 3.67. The number of rotatable bonds is 9. The first-order valence-corrected chi connectivity index (χ1v) is 10.5. The lowest BCUT2D eigenvalue weighted by molar-refractivity contribution is 0.279. The Morgan fingerprint density at radius 1 is 0.871 bits per heavy atom. The molecule has 4 aromatic rings. The second-order valence-corrected chi connectivity index (χ2v) is 7.60. The molecule has 5 heteroatoms. The summed E-state index contributed by atoms with van der Waals surface area (Å²) in [5, 5.41) is 0. The molecule has 4 rings (SSSR count). The highest BCUT2D eigenvalue weighted by molar-refractivity contribution is 5.75. The van der Waals surface area contributed by atoms with Crippen molar-refractivity contribution in [2.45, 2.75) is 33.4 Å². The average Bonchev–Trinajstić information content (AvgIpc) is 3.14. The molecule has 3 aromatic carbocycles. The molecule has 0 aliphatic heterocycles. The first-order valence-electron chi connectivity index (χ1n) is 10.5. The second-order valence-electron chi connectivity index (χ2n) is 7.60. The quantitative estimate of drug-likeness (QED) is 0.328. The van der Waals surface area contributed by atoms with E-state index in [4.69, 9.17) is 19.2 Å². The molecule has 160 valence electrons. The molecule has 1 heterocycles. The molecule has 0 unspecified atom stereocenters. The predicted octanol–water partition coefficient (Wildman–Crippen LogP) is 5.71. The topological polar surface area (TPSA) is 45.5 Å². The molecule has 0 saturated heterocycles. The number of benzene rings is 3. The minimum Gasteiger partial charge on any atom is -0.497 e. The van der Waals surface area contributed by atoms with E-state index in [-0.39, 0.29) is 0 Å². The van der Waals surface area contributed by atoms with Crippen molar-refractivity contribution in [3.8, 4) is 17.2 Å². The van der Waals surface area contributed by atoms with Gasteiger partial charge >= 0.3 is 0 Å². The van der Waals surface area contributed by atoms with Crippen molar-refractivity contribution < 1.29 is 14.2 Å². The zero-order valence-corrected chi connectivity index (χ0v) is 18.3. The highest BCUT2D eigenvalue weighted by Gasteiger charge is 2.11. The van der Waals surface area contributed by atoms with Crippen molar-refractivity contribution in [2.75, 3.05) is 13.7 Å². The maximum Gasteiger partial charge on any atom is 0.147 e. The molecule has 0 bridgehead atoms. The lowest BCUT2D eigenvalue weighted by atomic mass is 10.1. The van der Waals surface area contributed by atoms with Crippen LogP contribution < -0.4 is 14.2 Å². The van der Waals surface area contributed by atoms with Gasteiger partial charge in [-0.05, 0) is 68.3 Å². The van der Waals surface area contributed by atoms with Crippen LogP contribution in [0.2, 0.25) is 0 Å². The zero-order chi connectivity index (χ0) is 21.6. The summed E-state index contributed by atoms with van der Waals surface area (Å²) >= 11 is 0. The van der Waals surface area contributed by atoms with E-state index in [0.717, 1.165) is 47.1 Å². The van der Waals surface area contributed by atoms with Gasteiger partial charge in [-0.25, -0.2) is 4.98 Å². The number of methoxy groups -OCH3 is 1. The Balaban J connectivity index is 1.43. The Labute approximate surface area is 183 Å². The molecule has 0 fully saturated rings. The molecule has 5 nitrogen and oxygen atoms in total. The third kappa shape index (κ3) is 5.00. The van der Waals surface area contributed by atoms with Gasteiger partial charge in [0.25, 0.3) is 0 Å². The van der Waals surface area contributed by atoms with E-state index >= 15 is 0 Å². The first kappa shape index (κ1) is 20.8. The van der Waals surface area contributed by atoms with Crippen LogP contribution in [-0.2, 0) is 13.2 Å². The van der Waals surface area contributed by atoms with Gasteiger partial charge in [-0.3, -0.25) is 0 Å². The zero-order valence-electron chi connectivity index (χ0n) is 18.3. The molecule has 31 heavy (non-hydrogen) atoms. The Kier molecular flexibility index (Phi) is 6.41. The third-order valence-corrected chi connectivity index (χ3v) is 5.28. The van der Waals surface area contributed by atoms with Crippen molar-refractivity contribution in [3.63, 3.8) is 0 Å². The number of aromatic nitrogens is 2. The number of nitrogens with zero attached hydrogens (tertiary/aromatic N) is 2. The summed E-state index contributed by atoms with van der Waals surface area (Å²) in [4.78, 5) is 4.79. The lowest BCUT2D eigenvalue weighted by Gasteiger charge is -2.13. The standard InChI is InChI=1S/C26H28N2O3/c1-19-9-14-25(20(2)17-19)30-16-6-15-28-24-8-5-4-7-23(24)27-26(28)18-31-22-12-10-21(29-3)11-13-22/h4-5,7-14,17H,6,15-16,18H2,1-3H3. The van der Waals surface area contributed by atoms with Crippen molar-refractivity contribution in [1.29, 1.82) is 0 Å². The fourth-order valence-electron chi connectivity index (χ4n) is 3.67. The monoisotopic (exact) mass is 416 g/mol. The fraction of sp³-hybridized carbons (Fsp3) is 0.269. The van der Waals surface area contributed by atoms with Crippen LogP contribution in [0.5, 0.6) is 17.2 Å². The van der Waals surface area contributed by atoms with Gasteiger partial charge in [-0.2, -0.15) is 0 Å². The molecule has 0 saturated carbocycles. The van der Waals surface area contributed by atoms with Crippen molar-refractivity contribution >= 4 is 11.0 Å². The predicted molar refractivity (Wildman–Crippen MR) is 123 cm³/mol. The second kappa shape index (κ2) is 9.56. The van der Waals surface area contributed by atoms with Gasteiger partial charge in [-0.1, -0.05) is 29.8 Å². The van der Waals surface area contributed by atoms with Crippen molar-refractivity contribution in [3.05, 3.63) is 83.7 Å². The first-order chi connectivity index (χ1) is 15.1. The summed E-state index contributed by atoms with van der Waals surface area (Å²) in [5.41, 5.74) is 4.51. The maximum atomic E-state index is 6.02. The third-order valence-electron chi connectivity index (χ3n) is 5.28. The molecule has 1 aromatic heterocycles. The van der Waals surface area contributed by atoms with Crippen LogP contribution in [0.4, 0.5) is 0 Å². The molecule has 0 atom stereocenters. The number of aryl methyl sites for hydroxylation is 3. The van der Waals surface area contributed by atoms with Crippen LogP contribution in [-0.4, -0.2) is 23.3 Å². The van der Waals surface area contributed by atoms with E-state index in [9.17, 15) is 0 Å². The van der Waals surface area contributed by atoms with Crippen LogP contribution in [0.15, 0.2) is 66.7 Å². The van der Waals surface area contributed by atoms with Gasteiger partial charge in [0, 0.05) is 6.54 Å². The van der Waals surface area contributed by atoms with Gasteiger partial charge in [-0.15, -0.1) is 0 Å². The molecule has 0 N–H and O–H groups in total. The summed E-state index contributed by atoms with van der Waals surface area (Å²) < 4.78 is 19.4. The summed E-state index contributed by atoms with van der Waals surface area (Å²) in [7, 11) is 1.65. The number of imidazole rings is 1. The highest BCUT2D eigenvalue weighted by atomic mass is 16.5. The summed E-state index contributed by atoms with van der Waals surface area (Å²) in [5.74, 6) is 3.45. The molecule has 0 amide bonds. The van der Waals surface area contributed by atoms with E-state index in [2.05, 4.69) is 36.6 Å². The van der Waals surface area contributed by atoms with E-state index in [1.165, 1.54) is 11.1 Å². The molecular weight excluding hydrogens is 388 g/mol. The molecule has 0 spiro atoms.